The Morgan fingerprint density at radius 1 is 1.29 bits per heavy atom. The Morgan fingerprint density at radius 2 is 2.10 bits per heavy atom. The summed E-state index contributed by atoms with van der Waals surface area (Å²) in [7, 11) is 0. The van der Waals surface area contributed by atoms with Crippen LogP contribution in [0.4, 0.5) is 0 Å². The van der Waals surface area contributed by atoms with Crippen molar-refractivity contribution in [3.63, 3.8) is 0 Å². The highest BCUT2D eigenvalue weighted by Crippen LogP contribution is 2.29. The van der Waals surface area contributed by atoms with Gasteiger partial charge in [-0.05, 0) is 58.1 Å². The first-order valence-electron chi connectivity index (χ1n) is 8.33. The van der Waals surface area contributed by atoms with Gasteiger partial charge >= 0.3 is 0 Å². The number of rotatable bonds is 5. The second kappa shape index (κ2) is 7.26. The van der Waals surface area contributed by atoms with E-state index in [-0.39, 0.29) is 5.54 Å². The van der Waals surface area contributed by atoms with E-state index >= 15 is 0 Å². The first-order valence-corrected chi connectivity index (χ1v) is 8.33. The Bertz CT molecular complexity index is 422. The largest absolute Gasteiger partial charge is 0.489 e. The zero-order chi connectivity index (χ0) is 15.3. The molecule has 1 saturated carbocycles. The molecule has 1 aromatic rings. The molecule has 1 fully saturated rings. The molecule has 118 valence electrons. The normalized spacial score (nSPS) is 23.0. The second-order valence-corrected chi connectivity index (χ2v) is 7.27. The maximum Gasteiger partial charge on any atom is 0.138 e. The van der Waals surface area contributed by atoms with Gasteiger partial charge in [-0.25, -0.2) is 0 Å². The Morgan fingerprint density at radius 3 is 2.71 bits per heavy atom. The number of nitrogens with one attached hydrogen (secondary N) is 1. The lowest BCUT2D eigenvalue weighted by molar-refractivity contribution is 0.121. The molecular weight excluding hydrogens is 260 g/mol. The summed E-state index contributed by atoms with van der Waals surface area (Å²) in [6.07, 6.45) is 8.57. The van der Waals surface area contributed by atoms with Gasteiger partial charge in [-0.2, -0.15) is 0 Å². The SMILES string of the molecule is CCC1CCCC(Oc2ccc(CNC(C)(C)C)nc2)C1. The summed E-state index contributed by atoms with van der Waals surface area (Å²) in [5.74, 6) is 1.75. The summed E-state index contributed by atoms with van der Waals surface area (Å²) in [6.45, 7) is 9.57. The van der Waals surface area contributed by atoms with Crippen LogP contribution in [-0.2, 0) is 6.54 Å². The lowest BCUT2D eigenvalue weighted by Gasteiger charge is -2.28. The van der Waals surface area contributed by atoms with E-state index < -0.39 is 0 Å². The van der Waals surface area contributed by atoms with E-state index in [0.29, 0.717) is 6.10 Å². The minimum Gasteiger partial charge on any atom is -0.489 e. The van der Waals surface area contributed by atoms with Crippen molar-refractivity contribution in [3.05, 3.63) is 24.0 Å². The van der Waals surface area contributed by atoms with Crippen molar-refractivity contribution in [2.75, 3.05) is 0 Å². The maximum atomic E-state index is 6.10. The van der Waals surface area contributed by atoms with Crippen LogP contribution in [0.2, 0.25) is 0 Å². The van der Waals surface area contributed by atoms with Crippen LogP contribution in [0.3, 0.4) is 0 Å². The van der Waals surface area contributed by atoms with E-state index in [1.165, 1.54) is 32.1 Å². The molecule has 1 aliphatic carbocycles. The van der Waals surface area contributed by atoms with Gasteiger partial charge in [-0.3, -0.25) is 4.98 Å². The number of nitrogens with zero attached hydrogens (tertiary/aromatic N) is 1. The quantitative estimate of drug-likeness (QED) is 0.877. The van der Waals surface area contributed by atoms with Crippen molar-refractivity contribution in [1.82, 2.24) is 10.3 Å². The molecule has 1 aliphatic rings. The molecule has 0 aliphatic heterocycles. The van der Waals surface area contributed by atoms with E-state index in [1.807, 2.05) is 6.20 Å². The highest BCUT2D eigenvalue weighted by Gasteiger charge is 2.22. The number of pyridine rings is 1. The van der Waals surface area contributed by atoms with Crippen LogP contribution in [0.1, 0.15) is 65.5 Å². The van der Waals surface area contributed by atoms with Crippen molar-refractivity contribution in [1.29, 1.82) is 0 Å². The van der Waals surface area contributed by atoms with Gasteiger partial charge in [0.15, 0.2) is 0 Å². The fraction of sp³-hybridized carbons (Fsp3) is 0.722. The van der Waals surface area contributed by atoms with Crippen LogP contribution in [-0.4, -0.2) is 16.6 Å². The minimum atomic E-state index is 0.119. The highest BCUT2D eigenvalue weighted by molar-refractivity contribution is 5.20. The molecule has 3 heteroatoms. The van der Waals surface area contributed by atoms with Gasteiger partial charge in [0.25, 0.3) is 0 Å². The van der Waals surface area contributed by atoms with E-state index in [9.17, 15) is 0 Å². The minimum absolute atomic E-state index is 0.119. The third-order valence-corrected chi connectivity index (χ3v) is 4.21. The van der Waals surface area contributed by atoms with Gasteiger partial charge < -0.3 is 10.1 Å². The molecule has 1 aromatic heterocycles. The van der Waals surface area contributed by atoms with Crippen molar-refractivity contribution in [2.45, 2.75) is 78.0 Å². The molecule has 0 saturated heterocycles. The molecule has 1 heterocycles. The third-order valence-electron chi connectivity index (χ3n) is 4.21. The maximum absolute atomic E-state index is 6.10. The first kappa shape index (κ1) is 16.3. The topological polar surface area (TPSA) is 34.1 Å². The Kier molecular flexibility index (Phi) is 5.63. The van der Waals surface area contributed by atoms with Gasteiger partial charge in [0.1, 0.15) is 5.75 Å². The average Bonchev–Trinajstić information content (AvgIpc) is 2.46. The summed E-state index contributed by atoms with van der Waals surface area (Å²) in [6, 6.07) is 4.12. The van der Waals surface area contributed by atoms with Crippen LogP contribution in [0, 0.1) is 5.92 Å². The monoisotopic (exact) mass is 290 g/mol. The average molecular weight is 290 g/mol. The Labute approximate surface area is 129 Å². The fourth-order valence-electron chi connectivity index (χ4n) is 2.85. The van der Waals surface area contributed by atoms with Crippen molar-refractivity contribution < 1.29 is 4.74 Å². The third kappa shape index (κ3) is 5.66. The number of ether oxygens (including phenoxy) is 1. The summed E-state index contributed by atoms with van der Waals surface area (Å²) >= 11 is 0. The first-order chi connectivity index (χ1) is 9.96. The van der Waals surface area contributed by atoms with Crippen LogP contribution in [0.15, 0.2) is 18.3 Å². The molecule has 1 N–H and O–H groups in total. The summed E-state index contributed by atoms with van der Waals surface area (Å²) in [5.41, 5.74) is 1.18. The van der Waals surface area contributed by atoms with E-state index in [1.54, 1.807) is 0 Å². The molecule has 3 nitrogen and oxygen atoms in total. The smallest absolute Gasteiger partial charge is 0.138 e. The fourth-order valence-corrected chi connectivity index (χ4v) is 2.85. The number of hydrogen-bond acceptors (Lipinski definition) is 3. The molecule has 0 spiro atoms. The highest BCUT2D eigenvalue weighted by atomic mass is 16.5. The standard InChI is InChI=1S/C18H30N2O/c1-5-14-7-6-8-16(11-14)21-17-10-9-15(19-13-17)12-20-18(2,3)4/h9-10,13-14,16,20H,5-8,11-12H2,1-4H3. The van der Waals surface area contributed by atoms with Crippen molar-refractivity contribution >= 4 is 0 Å². The molecule has 2 unspecified atom stereocenters. The molecular formula is C18H30N2O. The van der Waals surface area contributed by atoms with Gasteiger partial charge in [0, 0.05) is 12.1 Å². The van der Waals surface area contributed by atoms with Crippen LogP contribution >= 0.6 is 0 Å². The van der Waals surface area contributed by atoms with Gasteiger partial charge in [0.05, 0.1) is 18.0 Å². The second-order valence-electron chi connectivity index (χ2n) is 7.27. The van der Waals surface area contributed by atoms with Crippen LogP contribution in [0.25, 0.3) is 0 Å². The summed E-state index contributed by atoms with van der Waals surface area (Å²) < 4.78 is 6.10. The molecule has 0 radical (unpaired) electrons. The van der Waals surface area contributed by atoms with E-state index in [4.69, 9.17) is 4.74 Å². The Balaban J connectivity index is 1.84. The summed E-state index contributed by atoms with van der Waals surface area (Å²) in [4.78, 5) is 4.50. The molecule has 0 aromatic carbocycles. The van der Waals surface area contributed by atoms with Crippen molar-refractivity contribution in [3.8, 4) is 5.75 Å². The lowest BCUT2D eigenvalue weighted by atomic mass is 9.85. The number of aromatic nitrogens is 1. The zero-order valence-corrected chi connectivity index (χ0v) is 14.0. The van der Waals surface area contributed by atoms with E-state index in [0.717, 1.165) is 23.9 Å². The number of hydrogen-bond donors (Lipinski definition) is 1. The van der Waals surface area contributed by atoms with E-state index in [2.05, 4.69) is 50.1 Å². The molecule has 0 bridgehead atoms. The molecule has 2 rings (SSSR count). The predicted octanol–water partition coefficient (Wildman–Crippen LogP) is 4.32. The van der Waals surface area contributed by atoms with Gasteiger partial charge in [-0.1, -0.05) is 19.8 Å². The van der Waals surface area contributed by atoms with Crippen molar-refractivity contribution in [2.24, 2.45) is 5.92 Å². The molecule has 2 atom stereocenters. The Hall–Kier alpha value is -1.09. The van der Waals surface area contributed by atoms with Crippen LogP contribution in [0.5, 0.6) is 5.75 Å². The zero-order valence-electron chi connectivity index (χ0n) is 14.0. The predicted molar refractivity (Wildman–Crippen MR) is 87.5 cm³/mol. The van der Waals surface area contributed by atoms with Gasteiger partial charge in [-0.15, -0.1) is 0 Å². The van der Waals surface area contributed by atoms with Crippen LogP contribution < -0.4 is 10.1 Å². The lowest BCUT2D eigenvalue weighted by Crippen LogP contribution is -2.35. The molecule has 21 heavy (non-hydrogen) atoms. The molecule has 0 amide bonds. The summed E-state index contributed by atoms with van der Waals surface area (Å²) in [5, 5.41) is 3.45. The van der Waals surface area contributed by atoms with Gasteiger partial charge in [0.2, 0.25) is 0 Å².